The highest BCUT2D eigenvalue weighted by Crippen LogP contribution is 2.46. The van der Waals surface area contributed by atoms with Crippen LogP contribution >= 0.6 is 0 Å². The topological polar surface area (TPSA) is 72.7 Å². The number of rotatable bonds is 5. The minimum atomic E-state index is -0.678. The Morgan fingerprint density at radius 2 is 2.00 bits per heavy atom. The lowest BCUT2D eigenvalue weighted by Gasteiger charge is -2.23. The molecule has 1 aliphatic heterocycles. The SMILES string of the molecule is CN1/C(=C/C(=O)COc2cc(F)ccc2[N+](=O)[O-])C(C)(C)c2ccccc21. The molecule has 1 aliphatic rings. The molecule has 27 heavy (non-hydrogen) atoms. The van der Waals surface area contributed by atoms with Gasteiger partial charge in [-0.1, -0.05) is 32.0 Å². The van der Waals surface area contributed by atoms with E-state index < -0.39 is 17.3 Å². The van der Waals surface area contributed by atoms with Crippen LogP contribution in [0.1, 0.15) is 19.4 Å². The molecule has 0 bridgehead atoms. The number of likely N-dealkylation sites (N-methyl/N-ethyl adjacent to an activating group) is 1. The van der Waals surface area contributed by atoms with Crippen molar-refractivity contribution in [1.82, 2.24) is 0 Å². The van der Waals surface area contributed by atoms with E-state index in [0.29, 0.717) is 0 Å². The van der Waals surface area contributed by atoms with Crippen LogP contribution in [0.25, 0.3) is 0 Å². The van der Waals surface area contributed by atoms with E-state index in [0.717, 1.165) is 35.1 Å². The Kier molecular flexibility index (Phi) is 4.70. The van der Waals surface area contributed by atoms with Crippen LogP contribution in [-0.4, -0.2) is 24.4 Å². The molecule has 7 heteroatoms. The van der Waals surface area contributed by atoms with Gasteiger partial charge < -0.3 is 9.64 Å². The van der Waals surface area contributed by atoms with Gasteiger partial charge in [-0.3, -0.25) is 14.9 Å². The minimum absolute atomic E-state index is 0.269. The molecule has 0 saturated heterocycles. The van der Waals surface area contributed by atoms with Gasteiger partial charge in [0.15, 0.2) is 18.1 Å². The Morgan fingerprint density at radius 1 is 1.30 bits per heavy atom. The average Bonchev–Trinajstić information content (AvgIpc) is 2.81. The first-order valence-corrected chi connectivity index (χ1v) is 8.37. The van der Waals surface area contributed by atoms with Gasteiger partial charge in [-0.15, -0.1) is 0 Å². The molecule has 0 saturated carbocycles. The van der Waals surface area contributed by atoms with Crippen LogP contribution in [0.3, 0.4) is 0 Å². The maximum atomic E-state index is 13.4. The Morgan fingerprint density at radius 3 is 2.67 bits per heavy atom. The number of hydrogen-bond acceptors (Lipinski definition) is 5. The van der Waals surface area contributed by atoms with Crippen molar-refractivity contribution < 1.29 is 18.8 Å². The van der Waals surface area contributed by atoms with Crippen molar-refractivity contribution in [3.63, 3.8) is 0 Å². The minimum Gasteiger partial charge on any atom is -0.478 e. The van der Waals surface area contributed by atoms with Crippen LogP contribution in [0, 0.1) is 15.9 Å². The third-order valence-electron chi connectivity index (χ3n) is 4.73. The zero-order valence-electron chi connectivity index (χ0n) is 15.2. The van der Waals surface area contributed by atoms with Crippen molar-refractivity contribution in [2.24, 2.45) is 0 Å². The smallest absolute Gasteiger partial charge is 0.311 e. The highest BCUT2D eigenvalue weighted by molar-refractivity contribution is 5.93. The van der Waals surface area contributed by atoms with Crippen LogP contribution in [0.2, 0.25) is 0 Å². The molecule has 0 N–H and O–H groups in total. The second kappa shape index (κ2) is 6.83. The summed E-state index contributed by atoms with van der Waals surface area (Å²) in [5.41, 5.74) is 2.16. The number of carbonyl (C=O) groups excluding carboxylic acids is 1. The number of benzene rings is 2. The molecular weight excluding hydrogens is 351 g/mol. The van der Waals surface area contributed by atoms with Crippen LogP contribution in [0.5, 0.6) is 5.75 Å². The summed E-state index contributed by atoms with van der Waals surface area (Å²) in [7, 11) is 1.88. The first-order chi connectivity index (χ1) is 12.7. The Labute approximate surface area is 156 Å². The fourth-order valence-corrected chi connectivity index (χ4v) is 3.36. The number of para-hydroxylation sites is 1. The largest absolute Gasteiger partial charge is 0.478 e. The van der Waals surface area contributed by atoms with Crippen molar-refractivity contribution in [3.05, 3.63) is 75.7 Å². The van der Waals surface area contributed by atoms with Gasteiger partial charge in [0.05, 0.1) is 4.92 Å². The summed E-state index contributed by atoms with van der Waals surface area (Å²) in [5.74, 6) is -1.31. The van der Waals surface area contributed by atoms with Crippen LogP contribution < -0.4 is 9.64 Å². The van der Waals surface area contributed by atoms with Crippen molar-refractivity contribution in [3.8, 4) is 5.75 Å². The van der Waals surface area contributed by atoms with E-state index in [1.165, 1.54) is 6.08 Å². The lowest BCUT2D eigenvalue weighted by molar-refractivity contribution is -0.385. The van der Waals surface area contributed by atoms with Crippen LogP contribution in [-0.2, 0) is 10.2 Å². The summed E-state index contributed by atoms with van der Waals surface area (Å²) in [6.07, 6.45) is 1.48. The number of nitro groups is 1. The summed E-state index contributed by atoms with van der Waals surface area (Å²) in [5, 5.41) is 11.0. The standard InChI is InChI=1S/C20H19FN2O4/c1-20(2)15-6-4-5-7-16(15)22(3)19(20)11-14(24)12-27-18-10-13(21)8-9-17(18)23(25)26/h4-11H,12H2,1-3H3/b19-11+. The van der Waals surface area contributed by atoms with E-state index in [9.17, 15) is 19.3 Å². The van der Waals surface area contributed by atoms with Crippen LogP contribution in [0.4, 0.5) is 15.8 Å². The molecule has 0 unspecified atom stereocenters. The number of carbonyl (C=O) groups is 1. The predicted molar refractivity (Wildman–Crippen MR) is 99.5 cm³/mol. The maximum absolute atomic E-state index is 13.4. The average molecular weight is 370 g/mol. The summed E-state index contributed by atoms with van der Waals surface area (Å²) in [6, 6.07) is 10.8. The van der Waals surface area contributed by atoms with Crippen molar-refractivity contribution in [2.45, 2.75) is 19.3 Å². The van der Waals surface area contributed by atoms with E-state index >= 15 is 0 Å². The van der Waals surface area contributed by atoms with Gasteiger partial charge in [-0.25, -0.2) is 4.39 Å². The molecule has 6 nitrogen and oxygen atoms in total. The zero-order chi connectivity index (χ0) is 19.8. The summed E-state index contributed by atoms with van der Waals surface area (Å²) >= 11 is 0. The van der Waals surface area contributed by atoms with Gasteiger partial charge in [0.1, 0.15) is 5.82 Å². The van der Waals surface area contributed by atoms with Gasteiger partial charge >= 0.3 is 5.69 Å². The van der Waals surface area contributed by atoms with E-state index in [2.05, 4.69) is 0 Å². The van der Waals surface area contributed by atoms with E-state index in [-0.39, 0.29) is 22.6 Å². The van der Waals surface area contributed by atoms with Gasteiger partial charge in [0.2, 0.25) is 0 Å². The normalized spacial score (nSPS) is 16.3. The third kappa shape index (κ3) is 3.40. The van der Waals surface area contributed by atoms with E-state index in [4.69, 9.17) is 4.74 Å². The van der Waals surface area contributed by atoms with E-state index in [1.54, 1.807) is 0 Å². The molecule has 0 aromatic heterocycles. The number of hydrogen-bond donors (Lipinski definition) is 0. The molecule has 0 spiro atoms. The van der Waals surface area contributed by atoms with Gasteiger partial charge in [0, 0.05) is 42.1 Å². The molecule has 0 aliphatic carbocycles. The second-order valence-electron chi connectivity index (χ2n) is 6.85. The number of nitro benzene ring substituents is 1. The zero-order valence-corrected chi connectivity index (χ0v) is 15.2. The first kappa shape index (κ1) is 18.6. The molecule has 3 rings (SSSR count). The molecule has 2 aromatic rings. The van der Waals surface area contributed by atoms with Gasteiger partial charge in [0.25, 0.3) is 0 Å². The number of fused-ring (bicyclic) bond motifs is 1. The number of nitrogens with zero attached hydrogens (tertiary/aromatic N) is 2. The highest BCUT2D eigenvalue weighted by atomic mass is 19.1. The molecule has 1 heterocycles. The molecule has 140 valence electrons. The fourth-order valence-electron chi connectivity index (χ4n) is 3.36. The molecule has 0 amide bonds. The number of halogens is 1. The lowest BCUT2D eigenvalue weighted by Crippen LogP contribution is -2.25. The maximum Gasteiger partial charge on any atom is 0.311 e. The molecular formula is C20H19FN2O4. The Hall–Kier alpha value is -3.22. The summed E-state index contributed by atoms with van der Waals surface area (Å²) in [4.78, 5) is 24.7. The van der Waals surface area contributed by atoms with Crippen LogP contribution in [0.15, 0.2) is 54.2 Å². The number of ether oxygens (including phenoxy) is 1. The monoisotopic (exact) mass is 370 g/mol. The molecule has 0 radical (unpaired) electrons. The molecule has 0 fully saturated rings. The second-order valence-corrected chi connectivity index (χ2v) is 6.85. The summed E-state index contributed by atoms with van der Waals surface area (Å²) < 4.78 is 18.6. The highest BCUT2D eigenvalue weighted by Gasteiger charge is 2.38. The van der Waals surface area contributed by atoms with Crippen molar-refractivity contribution in [2.75, 3.05) is 18.6 Å². The predicted octanol–water partition coefficient (Wildman–Crippen LogP) is 3.99. The number of anilines is 1. The molecule has 0 atom stereocenters. The first-order valence-electron chi connectivity index (χ1n) is 8.37. The lowest BCUT2D eigenvalue weighted by atomic mass is 9.83. The van der Waals surface area contributed by atoms with Crippen molar-refractivity contribution >= 4 is 17.2 Å². The van der Waals surface area contributed by atoms with Gasteiger partial charge in [-0.2, -0.15) is 0 Å². The quantitative estimate of drug-likeness (QED) is 0.452. The Bertz CT molecular complexity index is 953. The van der Waals surface area contributed by atoms with Crippen molar-refractivity contribution in [1.29, 1.82) is 0 Å². The number of allylic oxidation sites excluding steroid dienone is 1. The van der Waals surface area contributed by atoms with E-state index in [1.807, 2.05) is 50.1 Å². The molecule has 2 aromatic carbocycles. The van der Waals surface area contributed by atoms with Gasteiger partial charge in [-0.05, 0) is 17.7 Å². The number of ketones is 1. The third-order valence-corrected chi connectivity index (χ3v) is 4.73. The fraction of sp³-hybridized carbons (Fsp3) is 0.250. The summed E-state index contributed by atoms with van der Waals surface area (Å²) in [6.45, 7) is 3.62. The Balaban J connectivity index is 1.81.